The van der Waals surface area contributed by atoms with Crippen LogP contribution < -0.4 is 23.7 Å². The lowest BCUT2D eigenvalue weighted by Gasteiger charge is -2.54. The van der Waals surface area contributed by atoms with Crippen LogP contribution in [0.15, 0.2) is 91.1 Å². The maximum Gasteiger partial charge on any atom is 0.454 e. The summed E-state index contributed by atoms with van der Waals surface area (Å²) >= 11 is 6.40. The number of fused-ring (bicyclic) bond motifs is 6. The maximum atomic E-state index is 13.3. The number of ketones is 2. The standard InChI is InChI=1S/C27H34F3N3O3.C26H35N3O4.C23H30ClN3O3/c1-17(2)36-21-8-7-19(13-18(21)3)24(35)32-11-9-26(10-12-32)22-14-20(23(34)27(28,29)30)15-33(22)25(4,5)16-31(26)6;1-18(2)17-33-22-8-6-20(16-23(22)32-5)25(31)28-12-10-26(11-13-28)24-9-7-21(19(3)30)29(24)15-14-27(26)4;1-4-15-30-19-16-17(5-6-18(19)29-3)22(28)26-11-9-23(10-12-26)20-7-8-21(24)27(20)14-13-25(23)2/h7-8,13-15,17H,9-12,16H2,1-6H3;6-9,16,18H,10-15,17H2,1-5H3;5-8,16H,4,9-15H2,1-3H3. The van der Waals surface area contributed by atoms with Crippen molar-refractivity contribution in [2.75, 3.05) is 107 Å². The zero-order valence-corrected chi connectivity index (χ0v) is 60.8. The van der Waals surface area contributed by atoms with Gasteiger partial charge in [-0.1, -0.05) is 32.4 Å². The van der Waals surface area contributed by atoms with Crippen LogP contribution in [0.2, 0.25) is 5.15 Å². The Kier molecular flexibility index (Phi) is 22.3. The van der Waals surface area contributed by atoms with E-state index >= 15 is 0 Å². The van der Waals surface area contributed by atoms with Crippen molar-refractivity contribution >= 4 is 40.9 Å². The SMILES string of the molecule is CCCOc1cc(C(=O)N2CCC3(CC2)c2ccc(Cl)n2CCN3C)ccc1OC.COc1cc(C(=O)N2CCC3(CC2)c2ccc(C(C)=O)n2CCN3C)ccc1OCC(C)C.Cc1cc(C(=O)N2CCC3(CC2)c2cc(C(=O)C(F)(F)F)cn2C(C)(C)CN3C)ccc1OC(C)C. The molecular formula is C76H99ClF3N9O10. The fourth-order valence-corrected chi connectivity index (χ4v) is 15.8. The summed E-state index contributed by atoms with van der Waals surface area (Å²) in [7, 11) is 9.52. The molecule has 99 heavy (non-hydrogen) atoms. The number of halogens is 4. The van der Waals surface area contributed by atoms with Crippen molar-refractivity contribution < 1.29 is 60.8 Å². The third-order valence-corrected chi connectivity index (χ3v) is 21.4. The monoisotopic (exact) mass is 1390 g/mol. The second-order valence-electron chi connectivity index (χ2n) is 28.7. The molecule has 3 saturated heterocycles. The molecule has 23 heteroatoms. The molecule has 3 fully saturated rings. The van der Waals surface area contributed by atoms with Gasteiger partial charge < -0.3 is 52.1 Å². The maximum absolute atomic E-state index is 13.3. The first-order valence-corrected chi connectivity index (χ1v) is 35.1. The van der Waals surface area contributed by atoms with Crippen molar-refractivity contribution in [3.63, 3.8) is 0 Å². The first-order valence-electron chi connectivity index (χ1n) is 34.7. The van der Waals surface area contributed by atoms with Gasteiger partial charge in [0.2, 0.25) is 0 Å². The number of carbonyl (C=O) groups excluding carboxylic acids is 5. The van der Waals surface area contributed by atoms with Gasteiger partial charge in [0, 0.05) is 124 Å². The number of likely N-dealkylation sites (tertiary alicyclic amines) is 3. The van der Waals surface area contributed by atoms with E-state index in [4.69, 9.17) is 35.3 Å². The quantitative estimate of drug-likeness (QED) is 0.0893. The molecule has 3 spiro atoms. The zero-order valence-electron chi connectivity index (χ0n) is 60.1. The van der Waals surface area contributed by atoms with Gasteiger partial charge in [0.05, 0.1) is 61.4 Å². The summed E-state index contributed by atoms with van der Waals surface area (Å²) in [6, 6.07) is 25.9. The van der Waals surface area contributed by atoms with Crippen LogP contribution >= 0.6 is 11.6 Å². The number of aryl methyl sites for hydroxylation is 1. The Morgan fingerprint density at radius 3 is 1.51 bits per heavy atom. The first-order chi connectivity index (χ1) is 46.9. The molecule has 536 valence electrons. The summed E-state index contributed by atoms with van der Waals surface area (Å²) < 4.78 is 74.1. The van der Waals surface area contributed by atoms with Crippen LogP contribution in [0.3, 0.4) is 0 Å². The van der Waals surface area contributed by atoms with Crippen LogP contribution in [-0.4, -0.2) is 192 Å². The normalized spacial score (nSPS) is 18.6. The van der Waals surface area contributed by atoms with E-state index in [0.29, 0.717) is 123 Å². The molecule has 0 N–H and O–H groups in total. The number of benzene rings is 3. The van der Waals surface area contributed by atoms with Crippen LogP contribution in [0.4, 0.5) is 13.2 Å². The number of nitrogens with zero attached hydrogens (tertiary/aromatic N) is 9. The smallest absolute Gasteiger partial charge is 0.454 e. The molecule has 0 bridgehead atoms. The number of hydrogen-bond donors (Lipinski definition) is 0. The summed E-state index contributed by atoms with van der Waals surface area (Å²) in [6.07, 6.45) is 1.93. The number of hydrogen-bond acceptors (Lipinski definition) is 13. The molecule has 6 aliphatic rings. The van der Waals surface area contributed by atoms with Crippen molar-refractivity contribution in [2.24, 2.45) is 5.92 Å². The van der Waals surface area contributed by atoms with E-state index in [1.807, 2.05) is 105 Å². The minimum Gasteiger partial charge on any atom is -0.493 e. The molecular weight excluding hydrogens is 1290 g/mol. The summed E-state index contributed by atoms with van der Waals surface area (Å²) in [5.41, 5.74) is 5.09. The number of alkyl halides is 3. The highest BCUT2D eigenvalue weighted by Gasteiger charge is 2.52. The number of likely N-dealkylation sites (N-methyl/N-ethyl adjacent to an activating group) is 3. The largest absolute Gasteiger partial charge is 0.493 e. The highest BCUT2D eigenvalue weighted by molar-refractivity contribution is 6.29. The Morgan fingerprint density at radius 1 is 0.545 bits per heavy atom. The number of ether oxygens (including phenoxy) is 5. The molecule has 19 nitrogen and oxygen atoms in total. The molecule has 0 aliphatic carbocycles. The van der Waals surface area contributed by atoms with Crippen molar-refractivity contribution in [3.05, 3.63) is 147 Å². The lowest BCUT2D eigenvalue weighted by molar-refractivity contribution is -0.0885. The fourth-order valence-electron chi connectivity index (χ4n) is 15.6. The van der Waals surface area contributed by atoms with Gasteiger partial charge in [0.25, 0.3) is 23.5 Å². The van der Waals surface area contributed by atoms with Gasteiger partial charge in [0.15, 0.2) is 28.8 Å². The highest BCUT2D eigenvalue weighted by atomic mass is 35.5. The van der Waals surface area contributed by atoms with Gasteiger partial charge in [-0.3, -0.25) is 38.7 Å². The minimum absolute atomic E-state index is 0.0110. The molecule has 9 heterocycles. The zero-order chi connectivity index (χ0) is 71.7. The van der Waals surface area contributed by atoms with Crippen LogP contribution in [0.5, 0.6) is 28.7 Å². The van der Waals surface area contributed by atoms with Crippen LogP contribution in [-0.2, 0) is 35.2 Å². The van der Waals surface area contributed by atoms with Crippen LogP contribution in [0, 0.1) is 12.8 Å². The predicted molar refractivity (Wildman–Crippen MR) is 375 cm³/mol. The van der Waals surface area contributed by atoms with E-state index in [2.05, 4.69) is 70.8 Å². The second kappa shape index (κ2) is 29.8. The van der Waals surface area contributed by atoms with Crippen LogP contribution in [0.1, 0.15) is 175 Å². The van der Waals surface area contributed by atoms with Crippen LogP contribution in [0.25, 0.3) is 0 Å². The number of piperidine rings is 3. The van der Waals surface area contributed by atoms with Gasteiger partial charge in [-0.05, 0) is 197 Å². The first kappa shape index (κ1) is 73.9. The minimum atomic E-state index is -4.93. The summed E-state index contributed by atoms with van der Waals surface area (Å²) in [6.45, 7) is 26.6. The fraction of sp³-hybridized carbons (Fsp3) is 0.539. The van der Waals surface area contributed by atoms with Gasteiger partial charge in [-0.15, -0.1) is 0 Å². The van der Waals surface area contributed by atoms with Crippen molar-refractivity contribution in [3.8, 4) is 28.7 Å². The topological polar surface area (TPSA) is 166 Å². The van der Waals surface area contributed by atoms with E-state index in [9.17, 15) is 37.1 Å². The molecule has 6 aliphatic heterocycles. The average Bonchev–Trinajstić information content (AvgIpc) is 1.68. The third kappa shape index (κ3) is 14.9. The van der Waals surface area contributed by atoms with Crippen molar-refractivity contribution in [1.29, 1.82) is 0 Å². The van der Waals surface area contributed by atoms with Gasteiger partial charge >= 0.3 is 6.18 Å². The number of aromatic nitrogens is 3. The Balaban J connectivity index is 0.000000161. The van der Waals surface area contributed by atoms with Crippen molar-refractivity contribution in [2.45, 2.75) is 155 Å². The molecule has 6 aromatic rings. The lowest BCUT2D eigenvalue weighted by atomic mass is 9.78. The van der Waals surface area contributed by atoms with E-state index in [1.54, 1.807) is 44.2 Å². The Bertz CT molecular complexity index is 3920. The van der Waals surface area contributed by atoms with E-state index in [0.717, 1.165) is 80.4 Å². The Hall–Kier alpha value is -7.79. The average molecular weight is 1390 g/mol. The lowest BCUT2D eigenvalue weighted by Crippen LogP contribution is -2.60. The van der Waals surface area contributed by atoms with Gasteiger partial charge in [-0.25, -0.2) is 0 Å². The molecule has 0 unspecified atom stereocenters. The number of Topliss-reactive ketones (excluding diaryl/α,β-unsaturated/α-hetero) is 2. The molecule has 0 atom stereocenters. The third-order valence-electron chi connectivity index (χ3n) is 21.1. The van der Waals surface area contributed by atoms with Crippen molar-refractivity contribution in [1.82, 2.24) is 43.1 Å². The van der Waals surface area contributed by atoms with E-state index < -0.39 is 23.0 Å². The molecule has 0 radical (unpaired) electrons. The highest BCUT2D eigenvalue weighted by Crippen LogP contribution is 2.48. The summed E-state index contributed by atoms with van der Waals surface area (Å²) in [5.74, 6) is 1.91. The summed E-state index contributed by atoms with van der Waals surface area (Å²) in [5, 5.41) is 0.800. The molecule has 12 rings (SSSR count). The summed E-state index contributed by atoms with van der Waals surface area (Å²) in [4.78, 5) is 76.6. The number of methoxy groups -OCH3 is 2. The van der Waals surface area contributed by atoms with E-state index in [-0.39, 0.29) is 46.3 Å². The second-order valence-corrected chi connectivity index (χ2v) is 29.1. The van der Waals surface area contributed by atoms with Gasteiger partial charge in [0.1, 0.15) is 10.9 Å². The number of rotatable bonds is 15. The molecule has 0 saturated carbocycles. The number of amides is 3. The van der Waals surface area contributed by atoms with Gasteiger partial charge in [-0.2, -0.15) is 13.2 Å². The molecule has 3 aromatic heterocycles. The molecule has 3 amide bonds. The number of carbonyl (C=O) groups is 5. The molecule has 3 aromatic carbocycles. The predicted octanol–water partition coefficient (Wildman–Crippen LogP) is 13.0. The van der Waals surface area contributed by atoms with E-state index in [1.165, 1.54) is 23.7 Å². The Morgan fingerprint density at radius 2 is 1.02 bits per heavy atom. The Labute approximate surface area is 585 Å².